The second-order valence-corrected chi connectivity index (χ2v) is 9.81. The van der Waals surface area contributed by atoms with Crippen LogP contribution in [0.5, 0.6) is 0 Å². The molecule has 3 aliphatic heterocycles. The van der Waals surface area contributed by atoms with Gasteiger partial charge in [0.25, 0.3) is 5.91 Å². The van der Waals surface area contributed by atoms with Crippen molar-refractivity contribution in [1.29, 1.82) is 0 Å². The second kappa shape index (κ2) is 12.1. The van der Waals surface area contributed by atoms with Crippen LogP contribution in [0, 0.1) is 17.6 Å². The van der Waals surface area contributed by atoms with Gasteiger partial charge in [0.15, 0.2) is 0 Å². The number of rotatable bonds is 6. The Kier molecular flexibility index (Phi) is 4.43. The van der Waals surface area contributed by atoms with Crippen LogP contribution in [0.3, 0.4) is 0 Å². The number of carbonyl (C=O) groups is 1. The van der Waals surface area contributed by atoms with Gasteiger partial charge in [-0.05, 0) is 97.1 Å². The molecule has 0 radical (unpaired) electrons. The fourth-order valence-electron chi connectivity index (χ4n) is 4.90. The summed E-state index contributed by atoms with van der Waals surface area (Å²) in [6.07, 6.45) is -1.53. The minimum Gasteiger partial charge on any atom is -0.381 e. The van der Waals surface area contributed by atoms with Gasteiger partial charge in [-0.25, -0.2) is 8.78 Å². The quantitative estimate of drug-likeness (QED) is 0.453. The fraction of sp³-hybridized carbons (Fsp3) is 0.394. The van der Waals surface area contributed by atoms with Crippen LogP contribution in [0.1, 0.15) is 71.6 Å². The Morgan fingerprint density at radius 2 is 1.90 bits per heavy atom. The molecule has 41 heavy (non-hydrogen) atoms. The second-order valence-electron chi connectivity index (χ2n) is 9.81. The molecule has 1 amide bonds. The van der Waals surface area contributed by atoms with E-state index in [1.165, 1.54) is 12.1 Å². The lowest BCUT2D eigenvalue weighted by Gasteiger charge is -2.34. The first-order chi connectivity index (χ1) is 25.7. The third kappa shape index (κ3) is 6.49. The lowest BCUT2D eigenvalue weighted by Crippen LogP contribution is -2.44. The molecule has 214 valence electrons. The molecule has 0 unspecified atom stereocenters. The Morgan fingerprint density at radius 1 is 1.12 bits per heavy atom. The van der Waals surface area contributed by atoms with E-state index >= 15 is 0 Å². The molecule has 6 nitrogen and oxygen atoms in total. The topological polar surface area (TPSA) is 57.2 Å². The molecule has 3 aliphatic rings. The molecular weight excluding hydrogens is 522 g/mol. The average Bonchev–Trinajstić information content (AvgIpc) is 3.47. The Balaban J connectivity index is 1.43. The first-order valence-electron chi connectivity index (χ1n) is 20.5. The SMILES string of the molecule is [2H]c1cc(C(=O)NC2=NCc3ccc(C([2H])([2H])c4cc(F)cc(F)c4)cc32)c(CC2CCOCC2)c([2H])c1N1C([2H])([2H])C([2H])([2H])N(C([2H])([2H])[2H])C([2H])([2H])C1([2H])[2H]. The maximum atomic E-state index is 14.2. The number of amides is 1. The van der Waals surface area contributed by atoms with E-state index in [9.17, 15) is 14.9 Å². The molecule has 0 spiro atoms. The lowest BCUT2D eigenvalue weighted by molar-refractivity contribution is 0.0664. The molecule has 2 saturated heterocycles. The first-order valence-corrected chi connectivity index (χ1v) is 13.0. The first kappa shape index (κ1) is 15.0. The summed E-state index contributed by atoms with van der Waals surface area (Å²) < 4.78 is 161. The molecule has 2 fully saturated rings. The van der Waals surface area contributed by atoms with Crippen LogP contribution < -0.4 is 10.2 Å². The van der Waals surface area contributed by atoms with Crippen LogP contribution in [0.15, 0.2) is 59.5 Å². The van der Waals surface area contributed by atoms with Crippen LogP contribution in [0.25, 0.3) is 0 Å². The van der Waals surface area contributed by atoms with Gasteiger partial charge < -0.3 is 19.9 Å². The summed E-state index contributed by atoms with van der Waals surface area (Å²) in [7, 11) is 0. The number of amidine groups is 1. The van der Waals surface area contributed by atoms with Gasteiger partial charge in [-0.3, -0.25) is 9.79 Å². The van der Waals surface area contributed by atoms with E-state index in [4.69, 9.17) is 23.9 Å². The number of ether oxygens (including phenoxy) is 1. The third-order valence-corrected chi connectivity index (χ3v) is 6.95. The monoisotopic (exact) mass is 573 g/mol. The maximum absolute atomic E-state index is 14.2. The number of piperazine rings is 1. The molecule has 6 rings (SSSR count). The highest BCUT2D eigenvalue weighted by atomic mass is 19.1. The van der Waals surface area contributed by atoms with Gasteiger partial charge in [0.1, 0.15) is 17.5 Å². The number of nitrogens with zero attached hydrogens (tertiary/aromatic N) is 3. The van der Waals surface area contributed by atoms with Crippen LogP contribution in [-0.2, 0) is 24.1 Å². The van der Waals surface area contributed by atoms with E-state index in [1.54, 1.807) is 6.07 Å². The average molecular weight is 574 g/mol. The highest BCUT2D eigenvalue weighted by molar-refractivity contribution is 6.14. The molecule has 0 aliphatic carbocycles. The van der Waals surface area contributed by atoms with Gasteiger partial charge in [0.05, 0.1) is 14.8 Å². The molecule has 3 aromatic carbocycles. The number of benzene rings is 3. The van der Waals surface area contributed by atoms with Gasteiger partial charge in [0, 0.05) is 74.4 Å². The predicted octanol–water partition coefficient (Wildman–Crippen LogP) is 4.97. The third-order valence-electron chi connectivity index (χ3n) is 6.95. The highest BCUT2D eigenvalue weighted by Gasteiger charge is 2.24. The largest absolute Gasteiger partial charge is 0.381 e. The standard InChI is InChI=1S/C33H36F2N4O2/c1-38-8-10-39(11-9-38)29-4-5-30(26(19-29)15-22-6-12-41-13-7-22)33(40)37-32-31-18-23(2-3-25(31)21-36-32)14-24-16-27(34)20-28(35)17-24/h2-5,16-20,22H,6-15,21H2,1H3,(H,36,37,40)/i1D3,4D,8D2,9D2,10D2,11D2,14D2,19D. The van der Waals surface area contributed by atoms with Crippen molar-refractivity contribution in [3.63, 3.8) is 0 Å². The van der Waals surface area contributed by atoms with E-state index < -0.39 is 79.5 Å². The minimum absolute atomic E-state index is 0.0154. The van der Waals surface area contributed by atoms with E-state index in [0.29, 0.717) is 37.7 Å². The summed E-state index contributed by atoms with van der Waals surface area (Å²) in [5, 5.41) is 2.63. The normalized spacial score (nSPS) is 28.8. The molecule has 8 heteroatoms. The minimum atomic E-state index is -3.77. The number of carbonyl (C=O) groups excluding carboxylic acids is 1. The fourth-order valence-corrected chi connectivity index (χ4v) is 4.90. The van der Waals surface area contributed by atoms with Crippen molar-refractivity contribution in [2.75, 3.05) is 51.1 Å². The van der Waals surface area contributed by atoms with E-state index in [-0.39, 0.29) is 57.4 Å². The van der Waals surface area contributed by atoms with Crippen LogP contribution in [0.4, 0.5) is 14.5 Å². The van der Waals surface area contributed by atoms with Gasteiger partial charge in [-0.2, -0.15) is 0 Å². The summed E-state index contributed by atoms with van der Waals surface area (Å²) in [6, 6.07) is 5.92. The van der Waals surface area contributed by atoms with Gasteiger partial charge in [-0.15, -0.1) is 0 Å². The predicted molar refractivity (Wildman–Crippen MR) is 157 cm³/mol. The zero-order valence-corrected chi connectivity index (χ0v) is 21.8. The van der Waals surface area contributed by atoms with E-state index in [1.807, 2.05) is 0 Å². The lowest BCUT2D eigenvalue weighted by atomic mass is 9.89. The number of likely N-dealkylation sites (N-methyl/N-ethyl adjacent to an activating group) is 1. The Labute approximate surface area is 261 Å². The van der Waals surface area contributed by atoms with Crippen LogP contribution in [0.2, 0.25) is 0 Å². The van der Waals surface area contributed by atoms with Gasteiger partial charge >= 0.3 is 0 Å². The van der Waals surface area contributed by atoms with E-state index in [0.717, 1.165) is 18.2 Å². The summed E-state index contributed by atoms with van der Waals surface area (Å²) in [5.41, 5.74) is -0.804. The highest BCUT2D eigenvalue weighted by Crippen LogP contribution is 2.28. The smallest absolute Gasteiger partial charge is 0.257 e. The molecule has 0 atom stereocenters. The number of hydrogen-bond donors (Lipinski definition) is 1. The van der Waals surface area contributed by atoms with Crippen molar-refractivity contribution < 1.29 is 38.9 Å². The van der Waals surface area contributed by atoms with Gasteiger partial charge in [0.2, 0.25) is 0 Å². The Bertz CT molecular complexity index is 2060. The molecule has 0 saturated carbocycles. The van der Waals surface area contributed by atoms with Gasteiger partial charge in [-0.1, -0.05) is 12.1 Å². The van der Waals surface area contributed by atoms with Crippen molar-refractivity contribution in [1.82, 2.24) is 10.2 Å². The summed E-state index contributed by atoms with van der Waals surface area (Å²) in [6.45, 7) is -17.9. The van der Waals surface area contributed by atoms with Crippen molar-refractivity contribution in [3.05, 3.63) is 99.6 Å². The molecule has 3 heterocycles. The van der Waals surface area contributed by atoms with Crippen molar-refractivity contribution in [3.8, 4) is 0 Å². The van der Waals surface area contributed by atoms with Crippen LogP contribution >= 0.6 is 0 Å². The van der Waals surface area contributed by atoms with Crippen molar-refractivity contribution >= 4 is 17.4 Å². The molecule has 0 aromatic heterocycles. The summed E-state index contributed by atoms with van der Waals surface area (Å²) >= 11 is 0. The molecule has 0 bridgehead atoms. The number of aliphatic imine (C=N–C) groups is 1. The van der Waals surface area contributed by atoms with Crippen molar-refractivity contribution in [2.45, 2.75) is 32.2 Å². The Morgan fingerprint density at radius 3 is 2.66 bits per heavy atom. The summed E-state index contributed by atoms with van der Waals surface area (Å²) in [5.74, 6) is -3.15. The molecular formula is C33H36F2N4O2. The number of hydrogen-bond acceptors (Lipinski definition) is 5. The number of halogens is 2. The number of fused-ring (bicyclic) bond motifs is 1. The molecule has 3 aromatic rings. The molecule has 1 N–H and O–H groups in total. The zero-order chi connectivity index (χ0) is 41.6. The van der Waals surface area contributed by atoms with Crippen molar-refractivity contribution in [2.24, 2.45) is 10.9 Å². The summed E-state index contributed by atoms with van der Waals surface area (Å²) in [4.78, 5) is 18.0. The van der Waals surface area contributed by atoms with Crippen LogP contribution in [-0.4, -0.2) is 62.8 Å². The van der Waals surface area contributed by atoms with E-state index in [2.05, 4.69) is 10.3 Å². The number of nitrogens with one attached hydrogen (secondary N) is 1. The number of anilines is 1. The maximum Gasteiger partial charge on any atom is 0.257 e. The zero-order valence-electron chi connectivity index (χ0n) is 36.8. The Hall–Kier alpha value is -3.62.